The second-order valence-electron chi connectivity index (χ2n) is 8.12. The van der Waals surface area contributed by atoms with Gasteiger partial charge in [0.05, 0.1) is 13.0 Å². The Labute approximate surface area is 152 Å². The number of ether oxygens (including phenoxy) is 1. The third-order valence-electron chi connectivity index (χ3n) is 6.05. The number of hydrogen-bond acceptors (Lipinski definition) is 3. The molecule has 25 heavy (non-hydrogen) atoms. The molecule has 0 bridgehead atoms. The largest absolute Gasteiger partial charge is 0.383 e. The smallest absolute Gasteiger partial charge is 0.226 e. The maximum atomic E-state index is 12.6. The van der Waals surface area contributed by atoms with E-state index in [1.807, 2.05) is 30.3 Å². The van der Waals surface area contributed by atoms with E-state index in [9.17, 15) is 4.79 Å². The fourth-order valence-corrected chi connectivity index (χ4v) is 4.62. The molecule has 4 nitrogen and oxygen atoms in total. The van der Waals surface area contributed by atoms with Crippen LogP contribution in [0.15, 0.2) is 30.3 Å². The van der Waals surface area contributed by atoms with Crippen LogP contribution in [0.25, 0.3) is 0 Å². The standard InChI is InChI=1S/C21H32N2O2/c1-17(2)23-16-21(14-19(23)15-25-3)9-11-22(12-10-21)20(24)13-18-7-5-4-6-8-18/h4-8,17,19H,9-16H2,1-3H3. The molecular formula is C21H32N2O2. The molecule has 138 valence electrons. The van der Waals surface area contributed by atoms with Crippen molar-refractivity contribution in [3.63, 3.8) is 0 Å². The van der Waals surface area contributed by atoms with Gasteiger partial charge >= 0.3 is 0 Å². The molecule has 2 aliphatic heterocycles. The SMILES string of the molecule is COCC1CC2(CCN(C(=O)Cc3ccccc3)CC2)CN1C(C)C. The summed E-state index contributed by atoms with van der Waals surface area (Å²) in [6.07, 6.45) is 3.98. The quantitative estimate of drug-likeness (QED) is 0.823. The molecule has 1 aromatic rings. The molecule has 1 amide bonds. The van der Waals surface area contributed by atoms with Gasteiger partial charge in [0.15, 0.2) is 0 Å². The van der Waals surface area contributed by atoms with E-state index in [4.69, 9.17) is 4.74 Å². The summed E-state index contributed by atoms with van der Waals surface area (Å²) in [5, 5.41) is 0. The van der Waals surface area contributed by atoms with E-state index in [0.717, 1.165) is 44.6 Å². The van der Waals surface area contributed by atoms with Gasteiger partial charge in [-0.25, -0.2) is 0 Å². The summed E-state index contributed by atoms with van der Waals surface area (Å²) in [5.74, 6) is 0.271. The highest BCUT2D eigenvalue weighted by Gasteiger charge is 2.46. The van der Waals surface area contributed by atoms with Gasteiger partial charge in [-0.1, -0.05) is 30.3 Å². The molecule has 2 heterocycles. The van der Waals surface area contributed by atoms with Gasteiger partial charge in [0.2, 0.25) is 5.91 Å². The van der Waals surface area contributed by atoms with Gasteiger partial charge in [-0.3, -0.25) is 9.69 Å². The molecule has 0 N–H and O–H groups in total. The zero-order chi connectivity index (χ0) is 17.9. The van der Waals surface area contributed by atoms with Gasteiger partial charge < -0.3 is 9.64 Å². The average Bonchev–Trinajstić information content (AvgIpc) is 2.95. The monoisotopic (exact) mass is 344 g/mol. The summed E-state index contributed by atoms with van der Waals surface area (Å²) in [5.41, 5.74) is 1.48. The van der Waals surface area contributed by atoms with Crippen LogP contribution in [0.5, 0.6) is 0 Å². The molecular weight excluding hydrogens is 312 g/mol. The van der Waals surface area contributed by atoms with Crippen LogP contribution < -0.4 is 0 Å². The van der Waals surface area contributed by atoms with E-state index in [1.54, 1.807) is 7.11 Å². The van der Waals surface area contributed by atoms with Crippen LogP contribution in [0, 0.1) is 5.41 Å². The lowest BCUT2D eigenvalue weighted by Gasteiger charge is -2.39. The van der Waals surface area contributed by atoms with Crippen molar-refractivity contribution in [2.75, 3.05) is 33.4 Å². The fraction of sp³-hybridized carbons (Fsp3) is 0.667. The first-order chi connectivity index (χ1) is 12.0. The van der Waals surface area contributed by atoms with Crippen LogP contribution in [0.4, 0.5) is 0 Å². The predicted octanol–water partition coefficient (Wildman–Crippen LogP) is 2.97. The average molecular weight is 344 g/mol. The zero-order valence-corrected chi connectivity index (χ0v) is 15.9. The van der Waals surface area contributed by atoms with E-state index >= 15 is 0 Å². The second-order valence-corrected chi connectivity index (χ2v) is 8.12. The van der Waals surface area contributed by atoms with Crippen molar-refractivity contribution < 1.29 is 9.53 Å². The number of likely N-dealkylation sites (tertiary alicyclic amines) is 2. The number of hydrogen-bond donors (Lipinski definition) is 0. The van der Waals surface area contributed by atoms with Crippen LogP contribution >= 0.6 is 0 Å². The first-order valence-electron chi connectivity index (χ1n) is 9.59. The molecule has 0 aromatic heterocycles. The minimum Gasteiger partial charge on any atom is -0.383 e. The number of benzene rings is 1. The molecule has 1 spiro atoms. The Hall–Kier alpha value is -1.39. The summed E-state index contributed by atoms with van der Waals surface area (Å²) < 4.78 is 5.46. The highest BCUT2D eigenvalue weighted by Crippen LogP contribution is 2.44. The Balaban J connectivity index is 1.57. The Bertz CT molecular complexity index is 565. The molecule has 1 atom stereocenters. The zero-order valence-electron chi connectivity index (χ0n) is 15.9. The van der Waals surface area contributed by atoms with Crippen LogP contribution in [0.2, 0.25) is 0 Å². The van der Waals surface area contributed by atoms with E-state index in [2.05, 4.69) is 23.6 Å². The Morgan fingerprint density at radius 2 is 1.92 bits per heavy atom. The van der Waals surface area contributed by atoms with E-state index in [-0.39, 0.29) is 5.91 Å². The third kappa shape index (κ3) is 4.24. The van der Waals surface area contributed by atoms with Crippen molar-refractivity contribution in [3.8, 4) is 0 Å². The van der Waals surface area contributed by atoms with Gasteiger partial charge in [0.25, 0.3) is 0 Å². The number of carbonyl (C=O) groups excluding carboxylic acids is 1. The molecule has 2 aliphatic rings. The first kappa shape index (κ1) is 18.4. The minimum absolute atomic E-state index is 0.271. The highest BCUT2D eigenvalue weighted by atomic mass is 16.5. The van der Waals surface area contributed by atoms with Crippen molar-refractivity contribution in [2.45, 2.75) is 51.6 Å². The highest BCUT2D eigenvalue weighted by molar-refractivity contribution is 5.78. The van der Waals surface area contributed by atoms with Crippen LogP contribution in [0.3, 0.4) is 0 Å². The Kier molecular flexibility index (Phi) is 5.80. The number of nitrogens with zero attached hydrogens (tertiary/aromatic N) is 2. The van der Waals surface area contributed by atoms with Gasteiger partial charge in [0, 0.05) is 38.8 Å². The van der Waals surface area contributed by atoms with E-state index < -0.39 is 0 Å². The topological polar surface area (TPSA) is 32.8 Å². The van der Waals surface area contributed by atoms with Crippen molar-refractivity contribution in [2.24, 2.45) is 5.41 Å². The number of amides is 1. The summed E-state index contributed by atoms with van der Waals surface area (Å²) in [4.78, 5) is 17.3. The van der Waals surface area contributed by atoms with Crippen LogP contribution in [0.1, 0.15) is 38.7 Å². The number of carbonyl (C=O) groups is 1. The maximum Gasteiger partial charge on any atom is 0.226 e. The van der Waals surface area contributed by atoms with Crippen LogP contribution in [-0.2, 0) is 16.0 Å². The lowest BCUT2D eigenvalue weighted by molar-refractivity contribution is -0.132. The second kappa shape index (κ2) is 7.88. The molecule has 0 radical (unpaired) electrons. The third-order valence-corrected chi connectivity index (χ3v) is 6.05. The maximum absolute atomic E-state index is 12.6. The number of rotatable bonds is 5. The van der Waals surface area contributed by atoms with Gasteiger partial charge in [-0.15, -0.1) is 0 Å². The Morgan fingerprint density at radius 1 is 1.24 bits per heavy atom. The van der Waals surface area contributed by atoms with E-state index in [0.29, 0.717) is 23.9 Å². The van der Waals surface area contributed by atoms with Gasteiger partial charge in [-0.2, -0.15) is 0 Å². The van der Waals surface area contributed by atoms with Crippen LogP contribution in [-0.4, -0.2) is 61.1 Å². The molecule has 1 unspecified atom stereocenters. The molecule has 4 heteroatoms. The summed E-state index contributed by atoms with van der Waals surface area (Å²) >= 11 is 0. The molecule has 2 saturated heterocycles. The first-order valence-corrected chi connectivity index (χ1v) is 9.59. The molecule has 3 rings (SSSR count). The molecule has 2 fully saturated rings. The lowest BCUT2D eigenvalue weighted by atomic mass is 9.76. The molecule has 0 saturated carbocycles. The van der Waals surface area contributed by atoms with Crippen molar-refractivity contribution in [1.82, 2.24) is 9.80 Å². The van der Waals surface area contributed by atoms with E-state index in [1.165, 1.54) is 6.42 Å². The summed E-state index contributed by atoms with van der Waals surface area (Å²) in [6, 6.07) is 11.2. The molecule has 1 aromatic carbocycles. The van der Waals surface area contributed by atoms with Gasteiger partial charge in [-0.05, 0) is 44.1 Å². The number of piperidine rings is 1. The van der Waals surface area contributed by atoms with Crippen molar-refractivity contribution >= 4 is 5.91 Å². The molecule has 0 aliphatic carbocycles. The summed E-state index contributed by atoms with van der Waals surface area (Å²) in [6.45, 7) is 8.32. The number of methoxy groups -OCH3 is 1. The summed E-state index contributed by atoms with van der Waals surface area (Å²) in [7, 11) is 1.80. The predicted molar refractivity (Wildman–Crippen MR) is 101 cm³/mol. The fourth-order valence-electron chi connectivity index (χ4n) is 4.62. The van der Waals surface area contributed by atoms with Crippen molar-refractivity contribution in [3.05, 3.63) is 35.9 Å². The van der Waals surface area contributed by atoms with Gasteiger partial charge in [0.1, 0.15) is 0 Å². The normalized spacial score (nSPS) is 23.5. The van der Waals surface area contributed by atoms with Crippen molar-refractivity contribution in [1.29, 1.82) is 0 Å². The lowest BCUT2D eigenvalue weighted by Crippen LogP contribution is -2.45. The minimum atomic E-state index is 0.271. The Morgan fingerprint density at radius 3 is 2.52 bits per heavy atom.